The number of halogens is 2. The number of carboxylic acids is 1. The van der Waals surface area contributed by atoms with Crippen LogP contribution >= 0.6 is 15.9 Å². The van der Waals surface area contributed by atoms with Crippen LogP contribution in [0, 0.1) is 11.2 Å². The number of likely N-dealkylation sites (tertiary alicyclic amines) is 1. The molecule has 8 nitrogen and oxygen atoms in total. The zero-order chi connectivity index (χ0) is 20.0. The first kappa shape index (κ1) is 20.0. The SMILES string of the molecule is C[C@@H]1CC(Cc2nc(Br)cc(C3(O)COC3)c2F)(C(=O)O)CCN1C(=O)O. The van der Waals surface area contributed by atoms with Gasteiger partial charge >= 0.3 is 12.1 Å². The normalized spacial score (nSPS) is 27.1. The molecule has 0 spiro atoms. The Morgan fingerprint density at radius 2 is 2.11 bits per heavy atom. The van der Waals surface area contributed by atoms with Gasteiger partial charge in [-0.15, -0.1) is 0 Å². The molecule has 2 atom stereocenters. The molecule has 0 bridgehead atoms. The summed E-state index contributed by atoms with van der Waals surface area (Å²) in [6.45, 7) is 1.58. The number of nitrogens with zero attached hydrogens (tertiary/aromatic N) is 2. The summed E-state index contributed by atoms with van der Waals surface area (Å²) < 4.78 is 20.3. The topological polar surface area (TPSA) is 120 Å². The molecular weight excluding hydrogens is 427 g/mol. The quantitative estimate of drug-likeness (QED) is 0.604. The number of ether oxygens (including phenoxy) is 1. The molecule has 3 N–H and O–H groups in total. The maximum Gasteiger partial charge on any atom is 0.407 e. The first-order valence-corrected chi connectivity index (χ1v) is 9.26. The van der Waals surface area contributed by atoms with Gasteiger partial charge < -0.3 is 25.0 Å². The Balaban J connectivity index is 1.95. The molecule has 0 saturated carbocycles. The molecule has 2 aliphatic rings. The summed E-state index contributed by atoms with van der Waals surface area (Å²) in [5.41, 5.74) is -2.85. The zero-order valence-electron chi connectivity index (χ0n) is 14.6. The number of aliphatic hydroxyl groups is 1. The zero-order valence-corrected chi connectivity index (χ0v) is 16.2. The van der Waals surface area contributed by atoms with Crippen LogP contribution in [0.25, 0.3) is 0 Å². The van der Waals surface area contributed by atoms with Gasteiger partial charge in [0.25, 0.3) is 0 Å². The van der Waals surface area contributed by atoms with Crippen molar-refractivity contribution in [3.05, 3.63) is 27.7 Å². The molecule has 1 unspecified atom stereocenters. The number of aromatic nitrogens is 1. The average Bonchev–Trinajstić information content (AvgIpc) is 2.55. The van der Waals surface area contributed by atoms with Crippen molar-refractivity contribution < 1.29 is 34.0 Å². The predicted molar refractivity (Wildman–Crippen MR) is 93.8 cm³/mol. The maximum absolute atomic E-state index is 15.1. The Hall–Kier alpha value is -1.78. The molecule has 2 fully saturated rings. The highest BCUT2D eigenvalue weighted by Gasteiger charge is 2.47. The van der Waals surface area contributed by atoms with E-state index in [0.29, 0.717) is 0 Å². The standard InChI is InChI=1S/C17H20BrFN2O6/c1-9-5-16(14(22)23,2-3-21(9)15(24)25)6-11-13(19)10(4-12(18)20-11)17(26)7-27-8-17/h4,9,26H,2-3,5-8H2,1H3,(H,22,23)(H,24,25)/t9-,16?/m1/s1. The lowest BCUT2D eigenvalue weighted by molar-refractivity contribution is -0.186. The van der Waals surface area contributed by atoms with Gasteiger partial charge in [0.2, 0.25) is 0 Å². The summed E-state index contributed by atoms with van der Waals surface area (Å²) in [5, 5.41) is 29.5. The molecule has 3 rings (SSSR count). The van der Waals surface area contributed by atoms with Gasteiger partial charge in [-0.2, -0.15) is 0 Å². The maximum atomic E-state index is 15.1. The fourth-order valence-electron chi connectivity index (χ4n) is 3.82. The van der Waals surface area contributed by atoms with Gasteiger partial charge in [0, 0.05) is 24.6 Å². The fourth-order valence-corrected chi connectivity index (χ4v) is 4.27. The summed E-state index contributed by atoms with van der Waals surface area (Å²) in [6, 6.07) is 0.844. The van der Waals surface area contributed by atoms with Gasteiger partial charge in [-0.05, 0) is 41.8 Å². The van der Waals surface area contributed by atoms with E-state index in [1.807, 2.05) is 0 Å². The van der Waals surface area contributed by atoms with Crippen LogP contribution in [0.5, 0.6) is 0 Å². The van der Waals surface area contributed by atoms with Gasteiger partial charge in [0.15, 0.2) is 5.82 Å². The van der Waals surface area contributed by atoms with Crippen molar-refractivity contribution in [1.29, 1.82) is 0 Å². The van der Waals surface area contributed by atoms with Crippen molar-refractivity contribution in [2.24, 2.45) is 5.41 Å². The summed E-state index contributed by atoms with van der Waals surface area (Å²) in [6.07, 6.45) is -1.21. The molecule has 0 radical (unpaired) electrons. The minimum Gasteiger partial charge on any atom is -0.481 e. The number of rotatable bonds is 4. The van der Waals surface area contributed by atoms with Crippen LogP contribution in [0.15, 0.2) is 10.7 Å². The smallest absolute Gasteiger partial charge is 0.407 e. The van der Waals surface area contributed by atoms with E-state index >= 15 is 4.39 Å². The molecule has 0 aliphatic carbocycles. The first-order chi connectivity index (χ1) is 12.6. The number of carbonyl (C=O) groups is 2. The van der Waals surface area contributed by atoms with Crippen LogP contribution in [0.2, 0.25) is 0 Å². The van der Waals surface area contributed by atoms with E-state index < -0.39 is 34.9 Å². The van der Waals surface area contributed by atoms with Crippen LogP contribution in [0.4, 0.5) is 9.18 Å². The summed E-state index contributed by atoms with van der Waals surface area (Å²) in [5.74, 6) is -1.87. The Labute approximate surface area is 163 Å². The van der Waals surface area contributed by atoms with E-state index in [4.69, 9.17) is 4.74 Å². The minimum atomic E-state index is -1.46. The van der Waals surface area contributed by atoms with E-state index in [2.05, 4.69) is 20.9 Å². The van der Waals surface area contributed by atoms with Crippen LogP contribution < -0.4 is 0 Å². The number of hydrogen-bond donors (Lipinski definition) is 3. The third-order valence-electron chi connectivity index (χ3n) is 5.43. The molecule has 148 valence electrons. The molecule has 0 aromatic carbocycles. The highest BCUT2D eigenvalue weighted by molar-refractivity contribution is 9.10. The molecule has 3 heterocycles. The second-order valence-electron chi connectivity index (χ2n) is 7.32. The van der Waals surface area contributed by atoms with E-state index in [1.165, 1.54) is 11.0 Å². The number of amides is 1. The van der Waals surface area contributed by atoms with Crippen molar-refractivity contribution >= 4 is 28.0 Å². The summed E-state index contributed by atoms with van der Waals surface area (Å²) in [7, 11) is 0. The summed E-state index contributed by atoms with van der Waals surface area (Å²) in [4.78, 5) is 28.6. The number of aliphatic carboxylic acids is 1. The molecule has 1 amide bonds. The molecule has 27 heavy (non-hydrogen) atoms. The lowest BCUT2D eigenvalue weighted by atomic mass is 9.72. The highest BCUT2D eigenvalue weighted by Crippen LogP contribution is 2.40. The lowest BCUT2D eigenvalue weighted by Gasteiger charge is -2.42. The van der Waals surface area contributed by atoms with Gasteiger partial charge in [-0.25, -0.2) is 14.2 Å². The second kappa shape index (κ2) is 6.99. The van der Waals surface area contributed by atoms with Crippen molar-refractivity contribution in [3.8, 4) is 0 Å². The largest absolute Gasteiger partial charge is 0.481 e. The van der Waals surface area contributed by atoms with Crippen molar-refractivity contribution in [3.63, 3.8) is 0 Å². The Morgan fingerprint density at radius 1 is 1.44 bits per heavy atom. The molecule has 2 saturated heterocycles. The Kier molecular flexibility index (Phi) is 5.17. The van der Waals surface area contributed by atoms with Crippen molar-refractivity contribution in [2.45, 2.75) is 37.8 Å². The Morgan fingerprint density at radius 3 is 2.59 bits per heavy atom. The van der Waals surface area contributed by atoms with E-state index in [1.54, 1.807) is 6.92 Å². The van der Waals surface area contributed by atoms with Gasteiger partial charge in [0.1, 0.15) is 10.2 Å². The van der Waals surface area contributed by atoms with Gasteiger partial charge in [0.05, 0.1) is 24.3 Å². The number of piperidine rings is 1. The van der Waals surface area contributed by atoms with Crippen LogP contribution in [-0.4, -0.2) is 63.1 Å². The van der Waals surface area contributed by atoms with Crippen molar-refractivity contribution in [1.82, 2.24) is 9.88 Å². The number of hydrogen-bond acceptors (Lipinski definition) is 5. The minimum absolute atomic E-state index is 0.0159. The highest BCUT2D eigenvalue weighted by atomic mass is 79.9. The predicted octanol–water partition coefficient (Wildman–Crippen LogP) is 1.98. The fraction of sp³-hybridized carbons (Fsp3) is 0.588. The van der Waals surface area contributed by atoms with Gasteiger partial charge in [-0.3, -0.25) is 4.79 Å². The second-order valence-corrected chi connectivity index (χ2v) is 8.13. The van der Waals surface area contributed by atoms with E-state index in [-0.39, 0.29) is 54.9 Å². The molecule has 1 aromatic heterocycles. The monoisotopic (exact) mass is 446 g/mol. The first-order valence-electron chi connectivity index (χ1n) is 8.46. The molecule has 10 heteroatoms. The summed E-state index contributed by atoms with van der Waals surface area (Å²) >= 11 is 3.19. The molecular formula is C17H20BrFN2O6. The third-order valence-corrected chi connectivity index (χ3v) is 5.84. The molecule has 1 aromatic rings. The lowest BCUT2D eigenvalue weighted by Crippen LogP contribution is -2.52. The number of pyridine rings is 1. The van der Waals surface area contributed by atoms with E-state index in [9.17, 15) is 24.9 Å². The Bertz CT molecular complexity index is 787. The van der Waals surface area contributed by atoms with Crippen LogP contribution in [0.3, 0.4) is 0 Å². The third kappa shape index (κ3) is 3.53. The average molecular weight is 447 g/mol. The molecule has 2 aliphatic heterocycles. The van der Waals surface area contributed by atoms with Gasteiger partial charge in [-0.1, -0.05) is 0 Å². The van der Waals surface area contributed by atoms with Crippen LogP contribution in [0.1, 0.15) is 31.0 Å². The number of carboxylic acid groups (broad SMARTS) is 2. The van der Waals surface area contributed by atoms with E-state index in [0.717, 1.165) is 0 Å². The van der Waals surface area contributed by atoms with Crippen LogP contribution in [-0.2, 0) is 21.6 Å². The van der Waals surface area contributed by atoms with Crippen molar-refractivity contribution in [2.75, 3.05) is 19.8 Å².